The van der Waals surface area contributed by atoms with Crippen LogP contribution in [0.3, 0.4) is 0 Å². The van der Waals surface area contributed by atoms with Gasteiger partial charge in [0.15, 0.2) is 0 Å². The van der Waals surface area contributed by atoms with Crippen LogP contribution in [0, 0.1) is 0 Å². The van der Waals surface area contributed by atoms with Crippen LogP contribution in [0.4, 0.5) is 35.9 Å². The molecule has 1 atom stereocenters. The minimum Gasteiger partial charge on any atom is -0.450 e. The van der Waals surface area contributed by atoms with E-state index in [1.165, 1.54) is 29.2 Å². The number of hydrogen-bond donors (Lipinski definition) is 2. The lowest BCUT2D eigenvalue weighted by atomic mass is 10.1. The van der Waals surface area contributed by atoms with Gasteiger partial charge < -0.3 is 34.9 Å². The van der Waals surface area contributed by atoms with E-state index < -0.39 is 54.0 Å². The molecule has 0 aromatic heterocycles. The largest absolute Gasteiger partial charge is 0.573 e. The third-order valence-electron chi connectivity index (χ3n) is 5.49. The maximum absolute atomic E-state index is 13.8. The van der Waals surface area contributed by atoms with Crippen LogP contribution in [0.1, 0.15) is 51.2 Å². The molecule has 2 aromatic carbocycles. The third-order valence-corrected chi connectivity index (χ3v) is 5.49. The zero-order valence-electron chi connectivity index (χ0n) is 24.1. The van der Waals surface area contributed by atoms with Gasteiger partial charge in [0.2, 0.25) is 5.91 Å². The lowest BCUT2D eigenvalue weighted by molar-refractivity contribution is -0.275. The summed E-state index contributed by atoms with van der Waals surface area (Å²) in [5.74, 6) is -1.60. The predicted octanol–water partition coefficient (Wildman–Crippen LogP) is 6.17. The van der Waals surface area contributed by atoms with Gasteiger partial charge in [-0.25, -0.2) is 9.59 Å². The summed E-state index contributed by atoms with van der Waals surface area (Å²) in [6.07, 6.45) is -11.0. The predicted molar refractivity (Wildman–Crippen MR) is 143 cm³/mol. The summed E-state index contributed by atoms with van der Waals surface area (Å²) in [5, 5.41) is 2.52. The summed E-state index contributed by atoms with van der Waals surface area (Å²) in [4.78, 5) is 38.5. The highest BCUT2D eigenvalue weighted by Crippen LogP contribution is 2.25. The van der Waals surface area contributed by atoms with E-state index >= 15 is 0 Å². The Balaban J connectivity index is 2.33. The van der Waals surface area contributed by atoms with E-state index in [9.17, 15) is 40.7 Å². The van der Waals surface area contributed by atoms with Gasteiger partial charge in [0.1, 0.15) is 23.1 Å². The van der Waals surface area contributed by atoms with Gasteiger partial charge in [-0.1, -0.05) is 24.3 Å². The van der Waals surface area contributed by atoms with Crippen molar-refractivity contribution in [2.24, 2.45) is 5.73 Å². The fraction of sp³-hybridized carbons (Fsp3) is 0.464. The third kappa shape index (κ3) is 14.7. The van der Waals surface area contributed by atoms with Gasteiger partial charge in [0, 0.05) is 13.1 Å². The summed E-state index contributed by atoms with van der Waals surface area (Å²) in [5.41, 5.74) is 4.82. The maximum Gasteiger partial charge on any atom is 0.573 e. The summed E-state index contributed by atoms with van der Waals surface area (Å²) in [6, 6.07) is 8.29. The molecule has 244 valence electrons. The second kappa shape index (κ2) is 15.4. The summed E-state index contributed by atoms with van der Waals surface area (Å²) in [7, 11) is 0. The minimum absolute atomic E-state index is 0.0366. The Hall–Kier alpha value is -4.37. The number of alkyl halides is 6. The van der Waals surface area contributed by atoms with Gasteiger partial charge in [-0.15, -0.1) is 26.3 Å². The van der Waals surface area contributed by atoms with E-state index in [4.69, 9.17) is 10.5 Å². The highest BCUT2D eigenvalue weighted by atomic mass is 19.4. The summed E-state index contributed by atoms with van der Waals surface area (Å²) < 4.78 is 93.2. The molecule has 0 heterocycles. The van der Waals surface area contributed by atoms with Crippen molar-refractivity contribution in [2.75, 3.05) is 6.61 Å². The summed E-state index contributed by atoms with van der Waals surface area (Å²) in [6.45, 7) is 4.50. The number of nitrogens with one attached hydrogen (secondary N) is 1. The van der Waals surface area contributed by atoms with E-state index in [-0.39, 0.29) is 26.1 Å². The number of amides is 3. The molecule has 0 unspecified atom stereocenters. The molecule has 44 heavy (non-hydrogen) atoms. The van der Waals surface area contributed by atoms with Gasteiger partial charge >= 0.3 is 24.9 Å². The molecule has 16 heteroatoms. The molecule has 2 aromatic rings. The normalized spacial score (nSPS) is 12.6. The molecular weight excluding hydrogens is 604 g/mol. The number of carbonyl (C=O) groups is 3. The van der Waals surface area contributed by atoms with E-state index in [1.54, 1.807) is 20.8 Å². The number of nitrogens with two attached hydrogens (primary N) is 1. The quantitative estimate of drug-likeness (QED) is 0.199. The van der Waals surface area contributed by atoms with E-state index in [0.717, 1.165) is 24.3 Å². The first-order chi connectivity index (χ1) is 20.3. The van der Waals surface area contributed by atoms with Crippen LogP contribution in [-0.2, 0) is 27.4 Å². The number of nitrogens with zero attached hydrogens (tertiary/aromatic N) is 1. The van der Waals surface area contributed by atoms with Crippen LogP contribution >= 0.6 is 0 Å². The lowest BCUT2D eigenvalue weighted by Gasteiger charge is -2.29. The molecule has 10 nitrogen and oxygen atoms in total. The Morgan fingerprint density at radius 3 is 1.64 bits per heavy atom. The number of rotatable bonds is 13. The highest BCUT2D eigenvalue weighted by Gasteiger charge is 2.32. The zero-order chi connectivity index (χ0) is 33.1. The topological polar surface area (TPSA) is 129 Å². The number of hydrogen-bond acceptors (Lipinski definition) is 7. The molecule has 0 fully saturated rings. The Labute approximate surface area is 249 Å². The van der Waals surface area contributed by atoms with Gasteiger partial charge in [-0.3, -0.25) is 4.79 Å². The molecule has 0 saturated heterocycles. The fourth-order valence-electron chi connectivity index (χ4n) is 3.80. The molecule has 0 aliphatic carbocycles. The molecule has 3 amide bonds. The van der Waals surface area contributed by atoms with Crippen molar-refractivity contribution in [2.45, 2.75) is 77.5 Å². The van der Waals surface area contributed by atoms with Gasteiger partial charge in [-0.2, -0.15) is 0 Å². The fourth-order valence-corrected chi connectivity index (χ4v) is 3.80. The highest BCUT2D eigenvalue weighted by molar-refractivity contribution is 5.85. The maximum atomic E-state index is 13.8. The van der Waals surface area contributed by atoms with E-state index in [2.05, 4.69) is 19.5 Å². The molecule has 0 aliphatic rings. The molecule has 0 aliphatic heterocycles. The van der Waals surface area contributed by atoms with Crippen LogP contribution in [0.5, 0.6) is 11.5 Å². The van der Waals surface area contributed by atoms with Crippen molar-refractivity contribution >= 4 is 18.1 Å². The number of primary amides is 1. The Bertz CT molecular complexity index is 1170. The van der Waals surface area contributed by atoms with Crippen LogP contribution in [0.15, 0.2) is 48.5 Å². The Kier molecular flexibility index (Phi) is 12.5. The average Bonchev–Trinajstić information content (AvgIpc) is 2.86. The smallest absolute Gasteiger partial charge is 0.450 e. The number of halogens is 6. The lowest BCUT2D eigenvalue weighted by Crippen LogP contribution is -2.49. The van der Waals surface area contributed by atoms with Crippen molar-refractivity contribution in [3.63, 3.8) is 0 Å². The Morgan fingerprint density at radius 2 is 1.25 bits per heavy atom. The molecule has 0 bridgehead atoms. The second-order valence-corrected chi connectivity index (χ2v) is 10.4. The van der Waals surface area contributed by atoms with Crippen LogP contribution < -0.4 is 20.5 Å². The molecular formula is C28H33F6N3O7. The molecule has 0 spiro atoms. The van der Waals surface area contributed by atoms with Crippen molar-refractivity contribution in [3.8, 4) is 11.5 Å². The molecule has 0 saturated carbocycles. The first kappa shape index (κ1) is 35.8. The van der Waals surface area contributed by atoms with Gasteiger partial charge in [-0.05, 0) is 75.4 Å². The first-order valence-corrected chi connectivity index (χ1v) is 13.2. The Morgan fingerprint density at radius 1 is 0.795 bits per heavy atom. The van der Waals surface area contributed by atoms with Gasteiger partial charge in [0.25, 0.3) is 0 Å². The van der Waals surface area contributed by atoms with Crippen LogP contribution in [-0.4, -0.2) is 54.0 Å². The number of alkyl carbamates (subject to hydrolysis) is 1. The molecule has 3 N–H and O–H groups in total. The molecule has 0 radical (unpaired) electrons. The number of carbonyl (C=O) groups excluding carboxylic acids is 3. The number of ether oxygens (including phenoxy) is 4. The zero-order valence-corrected chi connectivity index (χ0v) is 24.1. The van der Waals surface area contributed by atoms with Crippen molar-refractivity contribution < 1.29 is 59.7 Å². The van der Waals surface area contributed by atoms with Crippen molar-refractivity contribution in [3.05, 3.63) is 59.7 Å². The van der Waals surface area contributed by atoms with Gasteiger partial charge in [0.05, 0.1) is 6.61 Å². The number of benzene rings is 2. The monoisotopic (exact) mass is 637 g/mol. The standard InChI is InChI=1S/C28H33F6N3O7/c1-26(2,3)44-25(40)36-22(6-4-5-15-41-24(35)39)23(38)37(16-18-7-11-20(12-8-18)42-27(29,30)31)17-19-9-13-21(14-10-19)43-28(32,33)34/h7-14,22H,4-6,15-17H2,1-3H3,(H2,35,39)(H,36,40)/t22-/m0/s1. The van der Waals surface area contributed by atoms with E-state index in [0.29, 0.717) is 24.0 Å². The SMILES string of the molecule is CC(C)(C)OC(=O)N[C@@H](CCCCOC(N)=O)C(=O)N(Cc1ccc(OC(F)(F)F)cc1)Cc1ccc(OC(F)(F)F)cc1. The molecule has 2 rings (SSSR count). The minimum atomic E-state index is -4.91. The van der Waals surface area contributed by atoms with Crippen molar-refractivity contribution in [1.29, 1.82) is 0 Å². The van der Waals surface area contributed by atoms with E-state index in [1.807, 2.05) is 0 Å². The van der Waals surface area contributed by atoms with Crippen LogP contribution in [0.25, 0.3) is 0 Å². The summed E-state index contributed by atoms with van der Waals surface area (Å²) >= 11 is 0. The average molecular weight is 638 g/mol. The van der Waals surface area contributed by atoms with Crippen LogP contribution in [0.2, 0.25) is 0 Å². The second-order valence-electron chi connectivity index (χ2n) is 10.4. The first-order valence-electron chi connectivity index (χ1n) is 13.2. The van der Waals surface area contributed by atoms with Crippen molar-refractivity contribution in [1.82, 2.24) is 10.2 Å². The number of unbranched alkanes of at least 4 members (excludes halogenated alkanes) is 1.